The second-order valence-corrected chi connectivity index (χ2v) is 7.70. The highest BCUT2D eigenvalue weighted by molar-refractivity contribution is 5.96. The van der Waals surface area contributed by atoms with E-state index in [0.29, 0.717) is 23.6 Å². The van der Waals surface area contributed by atoms with E-state index in [4.69, 9.17) is 14.2 Å². The second kappa shape index (κ2) is 7.95. The molecule has 6 heteroatoms. The van der Waals surface area contributed by atoms with E-state index in [0.717, 1.165) is 34.0 Å². The summed E-state index contributed by atoms with van der Waals surface area (Å²) in [6.45, 7) is 1.82. The summed E-state index contributed by atoms with van der Waals surface area (Å²) >= 11 is 0. The first kappa shape index (κ1) is 20.2. The van der Waals surface area contributed by atoms with Gasteiger partial charge in [0, 0.05) is 11.3 Å². The maximum absolute atomic E-state index is 12.5. The van der Waals surface area contributed by atoms with Gasteiger partial charge in [-0.05, 0) is 48.9 Å². The Morgan fingerprint density at radius 1 is 1.17 bits per heavy atom. The Balaban J connectivity index is 1.79. The van der Waals surface area contributed by atoms with Gasteiger partial charge in [0.15, 0.2) is 0 Å². The third kappa shape index (κ3) is 3.27. The van der Waals surface area contributed by atoms with Crippen molar-refractivity contribution in [2.45, 2.75) is 25.2 Å². The third-order valence-electron chi connectivity index (χ3n) is 5.84. The van der Waals surface area contributed by atoms with E-state index < -0.39 is 11.4 Å². The van der Waals surface area contributed by atoms with Crippen molar-refractivity contribution >= 4 is 16.7 Å². The van der Waals surface area contributed by atoms with Crippen LogP contribution in [-0.4, -0.2) is 43.5 Å². The molecule has 0 saturated heterocycles. The van der Waals surface area contributed by atoms with Crippen LogP contribution in [-0.2, 0) is 16.6 Å². The van der Waals surface area contributed by atoms with Crippen LogP contribution < -0.4 is 9.47 Å². The Morgan fingerprint density at radius 3 is 2.60 bits per heavy atom. The number of aromatic nitrogens is 1. The number of hydrogen-bond acceptors (Lipinski definition) is 6. The SMILES string of the molecule is COc1nc(C)cc2cc3c(c(OC)c12)C(CO)(COC(=O)c1ccccc1)CC3. The Labute approximate surface area is 175 Å². The van der Waals surface area contributed by atoms with E-state index in [9.17, 15) is 9.90 Å². The van der Waals surface area contributed by atoms with Crippen molar-refractivity contribution < 1.29 is 24.1 Å². The summed E-state index contributed by atoms with van der Waals surface area (Å²) in [5, 5.41) is 12.2. The predicted molar refractivity (Wildman–Crippen MR) is 113 cm³/mol. The molecule has 0 aliphatic heterocycles. The molecular weight excluding hydrogens is 382 g/mol. The molecule has 0 saturated carbocycles. The maximum Gasteiger partial charge on any atom is 0.338 e. The summed E-state index contributed by atoms with van der Waals surface area (Å²) < 4.78 is 17.0. The predicted octanol–water partition coefficient (Wildman–Crippen LogP) is 3.59. The number of methoxy groups -OCH3 is 2. The summed E-state index contributed by atoms with van der Waals surface area (Å²) in [7, 11) is 3.18. The van der Waals surface area contributed by atoms with E-state index in [1.54, 1.807) is 38.5 Å². The number of pyridine rings is 1. The minimum absolute atomic E-state index is 0.0632. The van der Waals surface area contributed by atoms with Gasteiger partial charge in [0.2, 0.25) is 5.88 Å². The average Bonchev–Trinajstić information content (AvgIpc) is 3.14. The molecule has 1 aromatic heterocycles. The van der Waals surface area contributed by atoms with Gasteiger partial charge in [0.25, 0.3) is 0 Å². The molecule has 1 aliphatic rings. The van der Waals surface area contributed by atoms with Gasteiger partial charge < -0.3 is 19.3 Å². The number of ether oxygens (including phenoxy) is 3. The highest BCUT2D eigenvalue weighted by Gasteiger charge is 2.43. The lowest BCUT2D eigenvalue weighted by Gasteiger charge is -2.29. The lowest BCUT2D eigenvalue weighted by Crippen LogP contribution is -2.35. The van der Waals surface area contributed by atoms with Crippen LogP contribution in [0.1, 0.15) is 33.6 Å². The highest BCUT2D eigenvalue weighted by Crippen LogP contribution is 2.49. The van der Waals surface area contributed by atoms with E-state index in [1.807, 2.05) is 19.1 Å². The summed E-state index contributed by atoms with van der Waals surface area (Å²) in [5.41, 5.74) is 2.54. The third-order valence-corrected chi connectivity index (χ3v) is 5.84. The molecule has 0 radical (unpaired) electrons. The summed E-state index contributed by atoms with van der Waals surface area (Å²) in [6.07, 6.45) is 1.41. The van der Waals surface area contributed by atoms with Gasteiger partial charge in [-0.25, -0.2) is 9.78 Å². The van der Waals surface area contributed by atoms with Crippen LogP contribution in [0.15, 0.2) is 42.5 Å². The Bertz CT molecular complexity index is 1100. The number of benzene rings is 2. The average molecular weight is 407 g/mol. The maximum atomic E-state index is 12.5. The number of rotatable bonds is 6. The Morgan fingerprint density at radius 2 is 1.93 bits per heavy atom. The van der Waals surface area contributed by atoms with Crippen molar-refractivity contribution in [1.82, 2.24) is 4.98 Å². The molecule has 1 aliphatic carbocycles. The van der Waals surface area contributed by atoms with Crippen molar-refractivity contribution in [1.29, 1.82) is 0 Å². The van der Waals surface area contributed by atoms with Gasteiger partial charge in [-0.1, -0.05) is 24.3 Å². The van der Waals surface area contributed by atoms with Crippen molar-refractivity contribution in [2.75, 3.05) is 27.4 Å². The standard InChI is InChI=1S/C24H25NO5/c1-15-11-18-12-17-9-10-24(13-26,14-30-23(27)16-7-5-4-6-8-16)20(17)21(28-2)19(18)22(25-15)29-3/h4-8,11-12,26H,9-10,13-14H2,1-3H3. The van der Waals surface area contributed by atoms with Gasteiger partial charge in [-0.3, -0.25) is 0 Å². The molecule has 30 heavy (non-hydrogen) atoms. The molecule has 1 heterocycles. The van der Waals surface area contributed by atoms with Crippen LogP contribution >= 0.6 is 0 Å². The van der Waals surface area contributed by atoms with Crippen molar-refractivity contribution in [3.05, 3.63) is 64.8 Å². The molecule has 0 spiro atoms. The fourth-order valence-electron chi connectivity index (χ4n) is 4.38. The van der Waals surface area contributed by atoms with E-state index in [-0.39, 0.29) is 13.2 Å². The van der Waals surface area contributed by atoms with Crippen molar-refractivity contribution in [3.63, 3.8) is 0 Å². The largest absolute Gasteiger partial charge is 0.496 e. The lowest BCUT2D eigenvalue weighted by atomic mass is 9.82. The topological polar surface area (TPSA) is 77.9 Å². The first-order valence-corrected chi connectivity index (χ1v) is 9.91. The first-order chi connectivity index (χ1) is 14.5. The summed E-state index contributed by atoms with van der Waals surface area (Å²) in [4.78, 5) is 17.0. The molecule has 1 atom stereocenters. The van der Waals surface area contributed by atoms with E-state index in [1.165, 1.54) is 0 Å². The zero-order chi connectivity index (χ0) is 21.3. The van der Waals surface area contributed by atoms with Crippen LogP contribution in [0.25, 0.3) is 10.8 Å². The summed E-state index contributed by atoms with van der Waals surface area (Å²) in [5.74, 6) is 0.685. The quantitative estimate of drug-likeness (QED) is 0.629. The Hall–Kier alpha value is -3.12. The molecule has 0 bridgehead atoms. The van der Waals surface area contributed by atoms with Crippen molar-refractivity contribution in [3.8, 4) is 11.6 Å². The second-order valence-electron chi connectivity index (χ2n) is 7.70. The molecule has 156 valence electrons. The summed E-state index contributed by atoms with van der Waals surface area (Å²) in [6, 6.07) is 12.9. The molecule has 0 amide bonds. The monoisotopic (exact) mass is 407 g/mol. The number of aliphatic hydroxyl groups excluding tert-OH is 1. The number of nitrogens with zero attached hydrogens (tertiary/aromatic N) is 1. The zero-order valence-corrected chi connectivity index (χ0v) is 17.4. The van der Waals surface area contributed by atoms with Gasteiger partial charge >= 0.3 is 5.97 Å². The first-order valence-electron chi connectivity index (χ1n) is 9.91. The normalized spacial score (nSPS) is 17.6. The number of fused-ring (bicyclic) bond motifs is 2. The highest BCUT2D eigenvalue weighted by atomic mass is 16.5. The van der Waals surface area contributed by atoms with E-state index in [2.05, 4.69) is 11.1 Å². The van der Waals surface area contributed by atoms with Gasteiger partial charge in [-0.2, -0.15) is 0 Å². The Kier molecular flexibility index (Phi) is 5.35. The molecule has 1 N–H and O–H groups in total. The molecule has 3 aromatic rings. The minimum atomic E-state index is -0.741. The van der Waals surface area contributed by atoms with Crippen molar-refractivity contribution in [2.24, 2.45) is 0 Å². The number of aryl methyl sites for hydroxylation is 2. The number of aliphatic hydroxyl groups is 1. The van der Waals surface area contributed by atoms with Gasteiger partial charge in [-0.15, -0.1) is 0 Å². The minimum Gasteiger partial charge on any atom is -0.496 e. The molecule has 1 unspecified atom stereocenters. The van der Waals surface area contributed by atoms with Crippen LogP contribution in [0.2, 0.25) is 0 Å². The molecule has 0 fully saturated rings. The molecule has 4 rings (SSSR count). The number of carbonyl (C=O) groups is 1. The van der Waals surface area contributed by atoms with Gasteiger partial charge in [0.1, 0.15) is 12.4 Å². The molecular formula is C24H25NO5. The van der Waals surface area contributed by atoms with Gasteiger partial charge in [0.05, 0.1) is 37.2 Å². The number of carbonyl (C=O) groups excluding carboxylic acids is 1. The van der Waals surface area contributed by atoms with Crippen LogP contribution in [0.3, 0.4) is 0 Å². The van der Waals surface area contributed by atoms with Crippen LogP contribution in [0, 0.1) is 6.92 Å². The number of hydrogen-bond donors (Lipinski definition) is 1. The molecule has 6 nitrogen and oxygen atoms in total. The lowest BCUT2D eigenvalue weighted by molar-refractivity contribution is 0.0315. The van der Waals surface area contributed by atoms with Crippen LogP contribution in [0.5, 0.6) is 11.6 Å². The number of esters is 1. The fourth-order valence-corrected chi connectivity index (χ4v) is 4.38. The van der Waals surface area contributed by atoms with E-state index >= 15 is 0 Å². The fraction of sp³-hybridized carbons (Fsp3) is 0.333. The smallest absolute Gasteiger partial charge is 0.338 e. The van der Waals surface area contributed by atoms with Crippen LogP contribution in [0.4, 0.5) is 0 Å². The zero-order valence-electron chi connectivity index (χ0n) is 17.4. The molecule has 2 aromatic carbocycles.